The van der Waals surface area contributed by atoms with Crippen LogP contribution in [-0.2, 0) is 4.74 Å². The maximum atomic E-state index is 12.4. The van der Waals surface area contributed by atoms with Crippen LogP contribution >= 0.6 is 0 Å². The number of anilines is 1. The van der Waals surface area contributed by atoms with Gasteiger partial charge in [0.2, 0.25) is 0 Å². The fraction of sp³-hybridized carbons (Fsp3) is 0.227. The number of ether oxygens (including phenoxy) is 1. The fourth-order valence-electron chi connectivity index (χ4n) is 3.43. The molecule has 4 aromatic rings. The van der Waals surface area contributed by atoms with Crippen LogP contribution in [0.3, 0.4) is 0 Å². The van der Waals surface area contributed by atoms with Crippen molar-refractivity contribution < 1.29 is 4.74 Å². The van der Waals surface area contributed by atoms with Gasteiger partial charge in [-0.15, -0.1) is 0 Å². The SMILES string of the molecule is CCCOC(C)c1ccccc1-c1cc(-c2ccc3[nH]nc(N)c3c2)nc(=O)[nH]1. The van der Waals surface area contributed by atoms with E-state index in [1.807, 2.05) is 55.5 Å². The Bertz CT molecular complexity index is 1210. The lowest BCUT2D eigenvalue weighted by molar-refractivity contribution is 0.0666. The molecule has 29 heavy (non-hydrogen) atoms. The molecule has 148 valence electrons. The fourth-order valence-corrected chi connectivity index (χ4v) is 3.43. The first-order chi connectivity index (χ1) is 14.1. The van der Waals surface area contributed by atoms with Gasteiger partial charge in [-0.25, -0.2) is 4.79 Å². The van der Waals surface area contributed by atoms with Gasteiger partial charge in [0.15, 0.2) is 5.82 Å². The number of hydrogen-bond acceptors (Lipinski definition) is 5. The van der Waals surface area contributed by atoms with E-state index in [1.54, 1.807) is 0 Å². The van der Waals surface area contributed by atoms with E-state index in [9.17, 15) is 4.79 Å². The maximum Gasteiger partial charge on any atom is 0.345 e. The third-order valence-corrected chi connectivity index (χ3v) is 4.89. The Kier molecular flexibility index (Phi) is 5.14. The molecule has 0 radical (unpaired) electrons. The summed E-state index contributed by atoms with van der Waals surface area (Å²) in [4.78, 5) is 19.4. The van der Waals surface area contributed by atoms with Gasteiger partial charge in [-0.2, -0.15) is 10.1 Å². The van der Waals surface area contributed by atoms with Gasteiger partial charge in [0.25, 0.3) is 0 Å². The molecule has 4 rings (SSSR count). The van der Waals surface area contributed by atoms with Gasteiger partial charge in [-0.3, -0.25) is 5.10 Å². The number of rotatable bonds is 6. The molecular formula is C22H23N5O2. The van der Waals surface area contributed by atoms with Crippen LogP contribution in [0, 0.1) is 0 Å². The molecule has 0 bridgehead atoms. The highest BCUT2D eigenvalue weighted by molar-refractivity contribution is 5.92. The molecule has 1 atom stereocenters. The smallest absolute Gasteiger partial charge is 0.345 e. The number of hydrogen-bond donors (Lipinski definition) is 3. The zero-order valence-electron chi connectivity index (χ0n) is 16.4. The van der Waals surface area contributed by atoms with Gasteiger partial charge in [0.05, 0.1) is 23.0 Å². The summed E-state index contributed by atoms with van der Waals surface area (Å²) in [6.07, 6.45) is 0.857. The Morgan fingerprint density at radius 3 is 2.83 bits per heavy atom. The minimum absolute atomic E-state index is 0.0895. The molecule has 2 aromatic heterocycles. The number of benzene rings is 2. The van der Waals surface area contributed by atoms with Gasteiger partial charge in [-0.1, -0.05) is 37.3 Å². The first kappa shape index (κ1) is 18.9. The Balaban J connectivity index is 1.80. The van der Waals surface area contributed by atoms with Crippen LogP contribution in [0.15, 0.2) is 53.3 Å². The Hall–Kier alpha value is -3.45. The molecule has 0 aliphatic rings. The molecule has 0 aliphatic carbocycles. The third kappa shape index (κ3) is 3.77. The van der Waals surface area contributed by atoms with E-state index in [-0.39, 0.29) is 6.10 Å². The number of fused-ring (bicyclic) bond motifs is 1. The number of aromatic nitrogens is 4. The highest BCUT2D eigenvalue weighted by Crippen LogP contribution is 2.31. The lowest BCUT2D eigenvalue weighted by atomic mass is 9.99. The van der Waals surface area contributed by atoms with Crippen molar-refractivity contribution in [2.24, 2.45) is 0 Å². The molecular weight excluding hydrogens is 366 g/mol. The van der Waals surface area contributed by atoms with E-state index in [0.717, 1.165) is 34.0 Å². The average molecular weight is 389 g/mol. The van der Waals surface area contributed by atoms with Crippen molar-refractivity contribution in [3.63, 3.8) is 0 Å². The van der Waals surface area contributed by atoms with Crippen molar-refractivity contribution in [2.45, 2.75) is 26.4 Å². The average Bonchev–Trinajstić information content (AvgIpc) is 3.11. The molecule has 7 heteroatoms. The number of H-pyrrole nitrogens is 2. The third-order valence-electron chi connectivity index (χ3n) is 4.89. The summed E-state index contributed by atoms with van der Waals surface area (Å²) in [7, 11) is 0. The molecule has 2 heterocycles. The minimum atomic E-state index is -0.408. The summed E-state index contributed by atoms with van der Waals surface area (Å²) in [5.74, 6) is 0.416. The van der Waals surface area contributed by atoms with E-state index in [4.69, 9.17) is 10.5 Å². The molecule has 0 saturated carbocycles. The first-order valence-electron chi connectivity index (χ1n) is 9.63. The second-order valence-corrected chi connectivity index (χ2v) is 6.95. The Labute approximate surface area is 168 Å². The van der Waals surface area contributed by atoms with Gasteiger partial charge in [0, 0.05) is 23.1 Å². The van der Waals surface area contributed by atoms with Crippen LogP contribution in [0.2, 0.25) is 0 Å². The Morgan fingerprint density at radius 1 is 1.17 bits per heavy atom. The summed E-state index contributed by atoms with van der Waals surface area (Å²) in [6, 6.07) is 15.5. The van der Waals surface area contributed by atoms with Crippen molar-refractivity contribution in [2.75, 3.05) is 12.3 Å². The molecule has 7 nitrogen and oxygen atoms in total. The predicted molar refractivity (Wildman–Crippen MR) is 114 cm³/mol. The van der Waals surface area contributed by atoms with Gasteiger partial charge >= 0.3 is 5.69 Å². The van der Waals surface area contributed by atoms with Gasteiger partial charge in [0.1, 0.15) is 0 Å². The summed E-state index contributed by atoms with van der Waals surface area (Å²) >= 11 is 0. The van der Waals surface area contributed by atoms with E-state index < -0.39 is 5.69 Å². The van der Waals surface area contributed by atoms with Crippen LogP contribution in [0.4, 0.5) is 5.82 Å². The normalized spacial score (nSPS) is 12.3. The lowest BCUT2D eigenvalue weighted by Gasteiger charge is -2.17. The summed E-state index contributed by atoms with van der Waals surface area (Å²) < 4.78 is 5.91. The summed E-state index contributed by atoms with van der Waals surface area (Å²) in [5.41, 5.74) is 10.4. The second-order valence-electron chi connectivity index (χ2n) is 6.95. The number of nitrogens with one attached hydrogen (secondary N) is 2. The summed E-state index contributed by atoms with van der Waals surface area (Å²) in [6.45, 7) is 4.78. The van der Waals surface area contributed by atoms with E-state index in [2.05, 4.69) is 27.1 Å². The highest BCUT2D eigenvalue weighted by atomic mass is 16.5. The van der Waals surface area contributed by atoms with Crippen LogP contribution < -0.4 is 11.4 Å². The monoisotopic (exact) mass is 389 g/mol. The summed E-state index contributed by atoms with van der Waals surface area (Å²) in [5, 5.41) is 7.69. The van der Waals surface area contributed by atoms with Crippen LogP contribution in [0.25, 0.3) is 33.4 Å². The van der Waals surface area contributed by atoms with Crippen LogP contribution in [0.1, 0.15) is 31.9 Å². The quantitative estimate of drug-likeness (QED) is 0.461. The van der Waals surface area contributed by atoms with Crippen molar-refractivity contribution in [3.05, 3.63) is 64.6 Å². The molecule has 2 aromatic carbocycles. The largest absolute Gasteiger partial charge is 0.382 e. The molecule has 1 unspecified atom stereocenters. The van der Waals surface area contributed by atoms with E-state index in [0.29, 0.717) is 23.8 Å². The second kappa shape index (κ2) is 7.89. The molecule has 0 saturated heterocycles. The maximum absolute atomic E-state index is 12.4. The zero-order valence-corrected chi connectivity index (χ0v) is 16.4. The van der Waals surface area contributed by atoms with E-state index >= 15 is 0 Å². The van der Waals surface area contributed by atoms with Crippen molar-refractivity contribution in [3.8, 4) is 22.5 Å². The van der Waals surface area contributed by atoms with Crippen LogP contribution in [-0.4, -0.2) is 26.8 Å². The number of aromatic amines is 2. The topological polar surface area (TPSA) is 110 Å². The van der Waals surface area contributed by atoms with Crippen LogP contribution in [0.5, 0.6) is 0 Å². The van der Waals surface area contributed by atoms with Crippen molar-refractivity contribution >= 4 is 16.7 Å². The first-order valence-corrected chi connectivity index (χ1v) is 9.63. The highest BCUT2D eigenvalue weighted by Gasteiger charge is 2.15. The molecule has 0 fully saturated rings. The van der Waals surface area contributed by atoms with Gasteiger partial charge < -0.3 is 15.5 Å². The Morgan fingerprint density at radius 2 is 2.00 bits per heavy atom. The standard InChI is InChI=1S/C22H23N5O2/c1-3-10-29-13(2)15-6-4-5-7-16(15)20-12-19(24-22(28)25-20)14-8-9-18-17(11-14)21(23)27-26-18/h4-9,11-13H,3,10H2,1-2H3,(H3,23,26,27)(H,24,25,28). The molecule has 4 N–H and O–H groups in total. The molecule has 0 aliphatic heterocycles. The predicted octanol–water partition coefficient (Wildman–Crippen LogP) is 4.05. The zero-order chi connectivity index (χ0) is 20.4. The van der Waals surface area contributed by atoms with Crippen molar-refractivity contribution in [1.29, 1.82) is 0 Å². The molecule has 0 spiro atoms. The number of nitrogen functional groups attached to an aromatic ring is 1. The van der Waals surface area contributed by atoms with Gasteiger partial charge in [-0.05, 0) is 37.1 Å². The minimum Gasteiger partial charge on any atom is -0.382 e. The number of nitrogens with zero attached hydrogens (tertiary/aromatic N) is 2. The lowest BCUT2D eigenvalue weighted by Crippen LogP contribution is -2.13. The molecule has 0 amide bonds. The van der Waals surface area contributed by atoms with E-state index in [1.165, 1.54) is 0 Å². The van der Waals surface area contributed by atoms with Crippen molar-refractivity contribution in [1.82, 2.24) is 20.2 Å². The number of nitrogens with two attached hydrogens (primary N) is 1.